The summed E-state index contributed by atoms with van der Waals surface area (Å²) in [5, 5.41) is 8.63. The Morgan fingerprint density at radius 1 is 0.969 bits per heavy atom. The molecule has 4 rings (SSSR count). The van der Waals surface area contributed by atoms with Gasteiger partial charge in [0.15, 0.2) is 5.82 Å². The second-order valence-corrected chi connectivity index (χ2v) is 8.25. The molecular weight excluding hydrogens is 445 g/mol. The summed E-state index contributed by atoms with van der Waals surface area (Å²) in [7, 11) is 0. The van der Waals surface area contributed by atoms with Gasteiger partial charge in [0.2, 0.25) is 0 Å². The fourth-order valence-electron chi connectivity index (χ4n) is 3.22. The number of nitrogens with zero attached hydrogens (tertiary/aromatic N) is 2. The normalized spacial score (nSPS) is 10.7. The van der Waals surface area contributed by atoms with E-state index in [0.717, 1.165) is 22.4 Å². The maximum Gasteiger partial charge on any atom is 0.256 e. The van der Waals surface area contributed by atoms with Gasteiger partial charge in [0.25, 0.3) is 5.91 Å². The highest BCUT2D eigenvalue weighted by Gasteiger charge is 2.10. The Labute approximate surface area is 196 Å². The van der Waals surface area contributed by atoms with Gasteiger partial charge in [-0.15, -0.1) is 0 Å². The Hall–Kier alpha value is -3.28. The van der Waals surface area contributed by atoms with Gasteiger partial charge in [-0.1, -0.05) is 47.5 Å². The average Bonchev–Trinajstić information content (AvgIpc) is 3.21. The number of aromatic nitrogens is 2. The molecule has 0 spiro atoms. The van der Waals surface area contributed by atoms with Crippen LogP contribution >= 0.6 is 23.2 Å². The lowest BCUT2D eigenvalue weighted by atomic mass is 10.1. The van der Waals surface area contributed by atoms with E-state index in [1.165, 1.54) is 0 Å². The predicted octanol–water partition coefficient (Wildman–Crippen LogP) is 6.38. The first-order valence-corrected chi connectivity index (χ1v) is 10.8. The molecule has 0 aliphatic rings. The van der Waals surface area contributed by atoms with Gasteiger partial charge in [-0.05, 0) is 66.1 Å². The molecule has 0 bridgehead atoms. The third kappa shape index (κ3) is 5.69. The van der Waals surface area contributed by atoms with Crippen LogP contribution in [0.4, 0.5) is 5.82 Å². The summed E-state index contributed by atoms with van der Waals surface area (Å²) in [5.74, 6) is 1.02. The van der Waals surface area contributed by atoms with Crippen molar-refractivity contribution in [2.75, 3.05) is 5.32 Å². The van der Waals surface area contributed by atoms with Crippen molar-refractivity contribution in [2.24, 2.45) is 0 Å². The van der Waals surface area contributed by atoms with Crippen molar-refractivity contribution in [1.82, 2.24) is 9.78 Å². The minimum atomic E-state index is -0.230. The molecule has 5 nitrogen and oxygen atoms in total. The second-order valence-electron chi connectivity index (χ2n) is 7.38. The molecule has 0 unspecified atom stereocenters. The molecule has 32 heavy (non-hydrogen) atoms. The summed E-state index contributed by atoms with van der Waals surface area (Å²) in [4.78, 5) is 12.7. The van der Waals surface area contributed by atoms with Crippen LogP contribution in [-0.4, -0.2) is 15.7 Å². The van der Waals surface area contributed by atoms with Crippen molar-refractivity contribution < 1.29 is 9.53 Å². The molecule has 3 aromatic carbocycles. The van der Waals surface area contributed by atoms with Gasteiger partial charge < -0.3 is 10.1 Å². The van der Waals surface area contributed by atoms with E-state index < -0.39 is 0 Å². The van der Waals surface area contributed by atoms with Gasteiger partial charge in [0.05, 0.1) is 6.54 Å². The monoisotopic (exact) mass is 465 g/mol. The standard InChI is InChI=1S/C25H21Cl2N3O2/c1-17-13-22(27)9-10-23(17)32-16-19-3-2-4-20(14-19)25(31)28-24-11-12-30(29-24)15-18-5-7-21(26)8-6-18/h2-14H,15-16H2,1H3,(H,28,29,31). The van der Waals surface area contributed by atoms with E-state index in [1.807, 2.05) is 67.7 Å². The van der Waals surface area contributed by atoms with E-state index in [0.29, 0.717) is 34.6 Å². The van der Waals surface area contributed by atoms with Crippen LogP contribution in [0.1, 0.15) is 27.0 Å². The maximum absolute atomic E-state index is 12.7. The van der Waals surface area contributed by atoms with E-state index in [2.05, 4.69) is 10.4 Å². The highest BCUT2D eigenvalue weighted by Crippen LogP contribution is 2.23. The summed E-state index contributed by atoms with van der Waals surface area (Å²) in [6.45, 7) is 2.88. The Morgan fingerprint density at radius 3 is 2.53 bits per heavy atom. The highest BCUT2D eigenvalue weighted by atomic mass is 35.5. The lowest BCUT2D eigenvalue weighted by molar-refractivity contribution is 0.102. The zero-order valence-corrected chi connectivity index (χ0v) is 18.9. The number of nitrogens with one attached hydrogen (secondary N) is 1. The third-order valence-electron chi connectivity index (χ3n) is 4.86. The van der Waals surface area contributed by atoms with Gasteiger partial charge in [-0.2, -0.15) is 5.10 Å². The van der Waals surface area contributed by atoms with Crippen LogP contribution in [0.2, 0.25) is 10.0 Å². The molecule has 1 heterocycles. The Bertz CT molecular complexity index is 1240. The summed E-state index contributed by atoms with van der Waals surface area (Å²) in [6.07, 6.45) is 1.82. The molecule has 7 heteroatoms. The molecule has 1 amide bonds. The van der Waals surface area contributed by atoms with Gasteiger partial charge >= 0.3 is 0 Å². The van der Waals surface area contributed by atoms with Gasteiger partial charge in [-0.3, -0.25) is 9.48 Å². The number of rotatable bonds is 7. The zero-order chi connectivity index (χ0) is 22.5. The van der Waals surface area contributed by atoms with Crippen LogP contribution in [0.15, 0.2) is 79.0 Å². The summed E-state index contributed by atoms with van der Waals surface area (Å²) in [6, 6.07) is 22.2. The fourth-order valence-corrected chi connectivity index (χ4v) is 3.57. The first kappa shape index (κ1) is 21.9. The Kier molecular flexibility index (Phi) is 6.78. The number of amides is 1. The second kappa shape index (κ2) is 9.90. The Balaban J connectivity index is 1.37. The van der Waals surface area contributed by atoms with Crippen LogP contribution in [0.25, 0.3) is 0 Å². The van der Waals surface area contributed by atoms with Crippen molar-refractivity contribution in [3.8, 4) is 5.75 Å². The number of hydrogen-bond acceptors (Lipinski definition) is 3. The van der Waals surface area contributed by atoms with E-state index in [1.54, 1.807) is 22.9 Å². The van der Waals surface area contributed by atoms with Crippen LogP contribution in [0.5, 0.6) is 5.75 Å². The van der Waals surface area contributed by atoms with Crippen molar-refractivity contribution >= 4 is 34.9 Å². The number of halogens is 2. The lowest BCUT2D eigenvalue weighted by Crippen LogP contribution is -2.13. The molecule has 0 radical (unpaired) electrons. The topological polar surface area (TPSA) is 56.1 Å². The zero-order valence-electron chi connectivity index (χ0n) is 17.4. The van der Waals surface area contributed by atoms with E-state index in [9.17, 15) is 4.79 Å². The quantitative estimate of drug-likeness (QED) is 0.344. The number of ether oxygens (including phenoxy) is 1. The minimum Gasteiger partial charge on any atom is -0.489 e. The van der Waals surface area contributed by atoms with Crippen molar-refractivity contribution in [3.05, 3.63) is 111 Å². The molecule has 0 atom stereocenters. The molecule has 1 N–H and O–H groups in total. The van der Waals surface area contributed by atoms with E-state index in [-0.39, 0.29) is 5.91 Å². The molecule has 4 aromatic rings. The van der Waals surface area contributed by atoms with E-state index >= 15 is 0 Å². The summed E-state index contributed by atoms with van der Waals surface area (Å²) < 4.78 is 7.65. The van der Waals surface area contributed by atoms with Crippen molar-refractivity contribution in [1.29, 1.82) is 0 Å². The largest absolute Gasteiger partial charge is 0.489 e. The first-order valence-electron chi connectivity index (χ1n) is 10.0. The van der Waals surface area contributed by atoms with Gasteiger partial charge in [0.1, 0.15) is 12.4 Å². The summed E-state index contributed by atoms with van der Waals surface area (Å²) >= 11 is 11.9. The molecule has 162 valence electrons. The van der Waals surface area contributed by atoms with Gasteiger partial charge in [0, 0.05) is 27.9 Å². The van der Waals surface area contributed by atoms with E-state index in [4.69, 9.17) is 27.9 Å². The van der Waals surface area contributed by atoms with Crippen LogP contribution in [-0.2, 0) is 13.2 Å². The van der Waals surface area contributed by atoms with Crippen molar-refractivity contribution in [3.63, 3.8) is 0 Å². The number of aryl methyl sites for hydroxylation is 1. The minimum absolute atomic E-state index is 0.230. The molecule has 0 saturated heterocycles. The van der Waals surface area contributed by atoms with Gasteiger partial charge in [-0.25, -0.2) is 0 Å². The first-order chi connectivity index (χ1) is 15.5. The third-order valence-corrected chi connectivity index (χ3v) is 5.35. The number of anilines is 1. The molecule has 0 fully saturated rings. The van der Waals surface area contributed by atoms with Crippen LogP contribution < -0.4 is 10.1 Å². The lowest BCUT2D eigenvalue weighted by Gasteiger charge is -2.10. The smallest absolute Gasteiger partial charge is 0.256 e. The molecule has 0 aliphatic heterocycles. The average molecular weight is 466 g/mol. The molecular formula is C25H21Cl2N3O2. The summed E-state index contributed by atoms with van der Waals surface area (Å²) in [5.41, 5.74) is 3.45. The number of hydrogen-bond donors (Lipinski definition) is 1. The fraction of sp³-hybridized carbons (Fsp3) is 0.120. The predicted molar refractivity (Wildman–Crippen MR) is 128 cm³/mol. The molecule has 1 aromatic heterocycles. The highest BCUT2D eigenvalue weighted by molar-refractivity contribution is 6.30. The maximum atomic E-state index is 12.7. The van der Waals surface area contributed by atoms with Crippen LogP contribution in [0.3, 0.4) is 0 Å². The Morgan fingerprint density at radius 2 is 1.75 bits per heavy atom. The van der Waals surface area contributed by atoms with Crippen molar-refractivity contribution in [2.45, 2.75) is 20.1 Å². The number of benzene rings is 3. The SMILES string of the molecule is Cc1cc(Cl)ccc1OCc1cccc(C(=O)Nc2ccn(Cc3ccc(Cl)cc3)n2)c1. The van der Waals surface area contributed by atoms with Crippen LogP contribution in [0, 0.1) is 6.92 Å². The number of carbonyl (C=O) groups excluding carboxylic acids is 1. The number of carbonyl (C=O) groups is 1. The molecule has 0 aliphatic carbocycles. The molecule has 0 saturated carbocycles.